The summed E-state index contributed by atoms with van der Waals surface area (Å²) in [4.78, 5) is 19.6. The van der Waals surface area contributed by atoms with Gasteiger partial charge in [0, 0.05) is 18.7 Å². The molecule has 1 fully saturated rings. The number of carbonyl (C=O) groups is 1. The first-order valence-electron chi connectivity index (χ1n) is 11.6. The number of phenols is 1. The van der Waals surface area contributed by atoms with Crippen LogP contribution in [0, 0.1) is 0 Å². The van der Waals surface area contributed by atoms with Crippen molar-refractivity contribution in [2.75, 3.05) is 23.3 Å². The third kappa shape index (κ3) is 4.94. The average molecular weight is 450 g/mol. The van der Waals surface area contributed by atoms with E-state index in [1.807, 2.05) is 36.4 Å². The molecule has 0 atom stereocenters. The Morgan fingerprint density at radius 1 is 0.824 bits per heavy atom. The summed E-state index contributed by atoms with van der Waals surface area (Å²) in [5.41, 5.74) is 4.64. The molecule has 4 aromatic rings. The molecule has 5 heteroatoms. The number of hydrogen-bond donors (Lipinski definition) is 2. The molecule has 0 saturated carbocycles. The minimum Gasteiger partial charge on any atom is -0.508 e. The zero-order valence-corrected chi connectivity index (χ0v) is 18.9. The van der Waals surface area contributed by atoms with E-state index < -0.39 is 0 Å². The molecule has 2 heterocycles. The quantitative estimate of drug-likeness (QED) is 0.387. The molecule has 3 aromatic carbocycles. The molecule has 1 aliphatic heterocycles. The van der Waals surface area contributed by atoms with Gasteiger partial charge in [-0.05, 0) is 71.8 Å². The zero-order valence-electron chi connectivity index (χ0n) is 18.9. The smallest absolute Gasteiger partial charge is 0.255 e. The highest BCUT2D eigenvalue weighted by Gasteiger charge is 2.21. The monoisotopic (exact) mass is 449 g/mol. The van der Waals surface area contributed by atoms with Crippen LogP contribution in [0.2, 0.25) is 0 Å². The summed E-state index contributed by atoms with van der Waals surface area (Å²) in [6.45, 7) is 1.96. The highest BCUT2D eigenvalue weighted by Crippen LogP contribution is 2.30. The second-order valence-electron chi connectivity index (χ2n) is 8.66. The molecule has 0 aliphatic carbocycles. The predicted molar refractivity (Wildman–Crippen MR) is 136 cm³/mol. The molecular formula is C29H27N3O2. The topological polar surface area (TPSA) is 65.5 Å². The van der Waals surface area contributed by atoms with Crippen molar-refractivity contribution in [3.8, 4) is 16.9 Å². The van der Waals surface area contributed by atoms with E-state index in [0.717, 1.165) is 42.9 Å². The summed E-state index contributed by atoms with van der Waals surface area (Å²) in [5.74, 6) is 1.62. The van der Waals surface area contributed by atoms with Crippen molar-refractivity contribution >= 4 is 17.4 Å². The summed E-state index contributed by atoms with van der Waals surface area (Å²) in [6, 6.07) is 29.0. The van der Waals surface area contributed by atoms with Crippen molar-refractivity contribution < 1.29 is 9.90 Å². The molecular weight excluding hydrogens is 422 g/mol. The lowest BCUT2D eigenvalue weighted by Crippen LogP contribution is -2.33. The highest BCUT2D eigenvalue weighted by molar-refractivity contribution is 6.04. The van der Waals surface area contributed by atoms with Gasteiger partial charge in [0.25, 0.3) is 5.91 Å². The van der Waals surface area contributed by atoms with E-state index >= 15 is 0 Å². The van der Waals surface area contributed by atoms with Gasteiger partial charge in [0.2, 0.25) is 0 Å². The molecule has 0 radical (unpaired) electrons. The lowest BCUT2D eigenvalue weighted by Gasteiger charge is -2.33. The van der Waals surface area contributed by atoms with Crippen LogP contribution in [0.25, 0.3) is 11.1 Å². The van der Waals surface area contributed by atoms with Crippen molar-refractivity contribution in [1.82, 2.24) is 4.98 Å². The van der Waals surface area contributed by atoms with Crippen LogP contribution in [-0.4, -0.2) is 29.1 Å². The Labute approximate surface area is 199 Å². The van der Waals surface area contributed by atoms with E-state index in [-0.39, 0.29) is 11.7 Å². The number of benzene rings is 3. The molecule has 2 N–H and O–H groups in total. The molecule has 34 heavy (non-hydrogen) atoms. The fourth-order valence-corrected chi connectivity index (χ4v) is 4.49. The van der Waals surface area contributed by atoms with Crippen LogP contribution in [0.15, 0.2) is 97.2 Å². The Bertz CT molecular complexity index is 1230. The Morgan fingerprint density at radius 2 is 1.47 bits per heavy atom. The van der Waals surface area contributed by atoms with E-state index in [1.54, 1.807) is 30.5 Å². The number of nitrogens with zero attached hydrogens (tertiary/aromatic N) is 2. The van der Waals surface area contributed by atoms with Gasteiger partial charge in [-0.1, -0.05) is 54.6 Å². The number of rotatable bonds is 5. The van der Waals surface area contributed by atoms with E-state index in [1.165, 1.54) is 5.56 Å². The Balaban J connectivity index is 1.17. The average Bonchev–Trinajstić information content (AvgIpc) is 2.90. The molecule has 5 nitrogen and oxygen atoms in total. The largest absolute Gasteiger partial charge is 0.508 e. The van der Waals surface area contributed by atoms with Crippen molar-refractivity contribution in [2.24, 2.45) is 0 Å². The molecule has 0 bridgehead atoms. The van der Waals surface area contributed by atoms with Crippen molar-refractivity contribution in [2.45, 2.75) is 18.8 Å². The fraction of sp³-hybridized carbons (Fsp3) is 0.172. The lowest BCUT2D eigenvalue weighted by molar-refractivity contribution is 0.102. The SMILES string of the molecule is O=C(Nc1ccc(N2CCC(c3ccccc3)CC2)nc1)c1ccc(-c2ccc(O)cc2)cc1. The number of anilines is 2. The van der Waals surface area contributed by atoms with Gasteiger partial charge < -0.3 is 15.3 Å². The number of pyridine rings is 1. The zero-order chi connectivity index (χ0) is 23.3. The number of piperidine rings is 1. The summed E-state index contributed by atoms with van der Waals surface area (Å²) in [6.07, 6.45) is 3.95. The van der Waals surface area contributed by atoms with Crippen LogP contribution < -0.4 is 10.2 Å². The molecule has 1 saturated heterocycles. The minimum absolute atomic E-state index is 0.171. The van der Waals surface area contributed by atoms with Gasteiger partial charge in [-0.3, -0.25) is 4.79 Å². The van der Waals surface area contributed by atoms with Crippen LogP contribution >= 0.6 is 0 Å². The third-order valence-corrected chi connectivity index (χ3v) is 6.44. The summed E-state index contributed by atoms with van der Waals surface area (Å²) in [5, 5.41) is 12.4. The Kier molecular flexibility index (Phi) is 6.25. The second kappa shape index (κ2) is 9.79. The normalized spacial score (nSPS) is 14.1. The van der Waals surface area contributed by atoms with Gasteiger partial charge in [-0.2, -0.15) is 0 Å². The number of carbonyl (C=O) groups excluding carboxylic acids is 1. The van der Waals surface area contributed by atoms with E-state index in [0.29, 0.717) is 17.2 Å². The van der Waals surface area contributed by atoms with Crippen molar-refractivity contribution in [3.63, 3.8) is 0 Å². The van der Waals surface area contributed by atoms with Gasteiger partial charge in [0.1, 0.15) is 11.6 Å². The fourth-order valence-electron chi connectivity index (χ4n) is 4.49. The Hall–Kier alpha value is -4.12. The third-order valence-electron chi connectivity index (χ3n) is 6.44. The molecule has 1 amide bonds. The summed E-state index contributed by atoms with van der Waals surface area (Å²) < 4.78 is 0. The maximum absolute atomic E-state index is 12.7. The van der Waals surface area contributed by atoms with E-state index in [4.69, 9.17) is 0 Å². The van der Waals surface area contributed by atoms with Crippen LogP contribution in [0.1, 0.15) is 34.7 Å². The standard InChI is InChI=1S/C29H27N3O2/c33-27-13-10-23(11-14-27)22-6-8-25(9-7-22)29(34)31-26-12-15-28(30-20-26)32-18-16-24(17-19-32)21-4-2-1-3-5-21/h1-15,20,24,33H,16-19H2,(H,31,34). The first-order valence-corrected chi connectivity index (χ1v) is 11.6. The summed E-state index contributed by atoms with van der Waals surface area (Å²) >= 11 is 0. The van der Waals surface area contributed by atoms with Gasteiger partial charge in [0.05, 0.1) is 11.9 Å². The maximum Gasteiger partial charge on any atom is 0.255 e. The molecule has 0 spiro atoms. The van der Waals surface area contributed by atoms with Crippen LogP contribution in [0.3, 0.4) is 0 Å². The van der Waals surface area contributed by atoms with Gasteiger partial charge >= 0.3 is 0 Å². The van der Waals surface area contributed by atoms with Crippen LogP contribution in [0.4, 0.5) is 11.5 Å². The lowest BCUT2D eigenvalue weighted by atomic mass is 9.89. The highest BCUT2D eigenvalue weighted by atomic mass is 16.3. The molecule has 0 unspecified atom stereocenters. The van der Waals surface area contributed by atoms with Gasteiger partial charge in [-0.15, -0.1) is 0 Å². The van der Waals surface area contributed by atoms with E-state index in [9.17, 15) is 9.90 Å². The number of phenolic OH excluding ortho intramolecular Hbond substituents is 1. The molecule has 1 aliphatic rings. The Morgan fingerprint density at radius 3 is 2.09 bits per heavy atom. The number of amides is 1. The number of aromatic hydroxyl groups is 1. The number of hydrogen-bond acceptors (Lipinski definition) is 4. The molecule has 170 valence electrons. The number of aromatic nitrogens is 1. The van der Waals surface area contributed by atoms with Gasteiger partial charge in [0.15, 0.2) is 0 Å². The first-order chi connectivity index (χ1) is 16.7. The molecule has 5 rings (SSSR count). The van der Waals surface area contributed by atoms with Crippen LogP contribution in [0.5, 0.6) is 5.75 Å². The first kappa shape index (κ1) is 21.7. The van der Waals surface area contributed by atoms with Crippen LogP contribution in [-0.2, 0) is 0 Å². The van der Waals surface area contributed by atoms with Crippen molar-refractivity contribution in [1.29, 1.82) is 0 Å². The second-order valence-corrected chi connectivity index (χ2v) is 8.66. The van der Waals surface area contributed by atoms with E-state index in [2.05, 4.69) is 45.5 Å². The molecule has 1 aromatic heterocycles. The predicted octanol–water partition coefficient (Wildman–Crippen LogP) is 6.09. The maximum atomic E-state index is 12.7. The number of nitrogens with one attached hydrogen (secondary N) is 1. The summed E-state index contributed by atoms with van der Waals surface area (Å²) in [7, 11) is 0. The van der Waals surface area contributed by atoms with Gasteiger partial charge in [-0.25, -0.2) is 4.98 Å². The minimum atomic E-state index is -0.171. The van der Waals surface area contributed by atoms with Crippen molar-refractivity contribution in [3.05, 3.63) is 108 Å².